The Bertz CT molecular complexity index is 798. The monoisotopic (exact) mass is 339 g/mol. The maximum atomic E-state index is 12.4. The summed E-state index contributed by atoms with van der Waals surface area (Å²) in [5.41, 5.74) is 3.04. The first-order valence-electron chi connectivity index (χ1n) is 8.22. The first-order valence-corrected chi connectivity index (χ1v) is 8.22. The first kappa shape index (κ1) is 17.0. The average molecular weight is 339 g/mol. The van der Waals surface area contributed by atoms with Gasteiger partial charge in [0, 0.05) is 18.7 Å². The highest BCUT2D eigenvalue weighted by molar-refractivity contribution is 6.00. The molecule has 1 aliphatic heterocycles. The average Bonchev–Trinajstić information content (AvgIpc) is 3.00. The predicted molar refractivity (Wildman–Crippen MR) is 95.0 cm³/mol. The van der Waals surface area contributed by atoms with Crippen LogP contribution in [-0.4, -0.2) is 25.5 Å². The van der Waals surface area contributed by atoms with Crippen molar-refractivity contribution in [2.45, 2.75) is 20.3 Å². The number of rotatable bonds is 4. The zero-order chi connectivity index (χ0) is 18.0. The van der Waals surface area contributed by atoms with Crippen molar-refractivity contribution in [2.24, 2.45) is 5.92 Å². The maximum absolute atomic E-state index is 12.4. The zero-order valence-electron chi connectivity index (χ0n) is 14.6. The smallest absolute Gasteiger partial charge is 0.316 e. The van der Waals surface area contributed by atoms with E-state index in [-0.39, 0.29) is 18.3 Å². The molecule has 1 amide bonds. The van der Waals surface area contributed by atoms with E-state index in [1.165, 1.54) is 0 Å². The molecule has 1 unspecified atom stereocenters. The Labute approximate surface area is 147 Å². The fraction of sp³-hybridized carbons (Fsp3) is 0.300. The van der Waals surface area contributed by atoms with Crippen LogP contribution < -0.4 is 14.4 Å². The van der Waals surface area contributed by atoms with E-state index in [4.69, 9.17) is 9.47 Å². The Kier molecular flexibility index (Phi) is 4.74. The molecule has 0 radical (unpaired) electrons. The quantitative estimate of drug-likeness (QED) is 0.634. The summed E-state index contributed by atoms with van der Waals surface area (Å²) in [6.45, 7) is 4.34. The molecule has 2 aromatic carbocycles. The first-order chi connectivity index (χ1) is 12.0. The molecule has 1 heterocycles. The lowest BCUT2D eigenvalue weighted by Gasteiger charge is -2.20. The van der Waals surface area contributed by atoms with E-state index in [2.05, 4.69) is 0 Å². The molecule has 1 fully saturated rings. The number of hydrogen-bond acceptors (Lipinski definition) is 4. The van der Waals surface area contributed by atoms with Crippen molar-refractivity contribution >= 4 is 17.6 Å². The summed E-state index contributed by atoms with van der Waals surface area (Å²) in [6, 6.07) is 12.7. The molecule has 1 aliphatic rings. The van der Waals surface area contributed by atoms with Crippen LogP contribution in [0, 0.1) is 19.8 Å². The highest BCUT2D eigenvalue weighted by atomic mass is 16.5. The summed E-state index contributed by atoms with van der Waals surface area (Å²) in [5.74, 6) is 0.242. The third-order valence-corrected chi connectivity index (χ3v) is 4.60. The van der Waals surface area contributed by atoms with Gasteiger partial charge in [0.15, 0.2) is 0 Å². The van der Waals surface area contributed by atoms with Gasteiger partial charge in [0.2, 0.25) is 5.91 Å². The molecule has 0 saturated carbocycles. The normalized spacial score (nSPS) is 16.8. The van der Waals surface area contributed by atoms with E-state index < -0.39 is 5.92 Å². The summed E-state index contributed by atoms with van der Waals surface area (Å²) in [7, 11) is 1.58. The van der Waals surface area contributed by atoms with Gasteiger partial charge in [0.05, 0.1) is 13.0 Å². The van der Waals surface area contributed by atoms with Gasteiger partial charge in [-0.1, -0.05) is 12.1 Å². The summed E-state index contributed by atoms with van der Waals surface area (Å²) in [6.07, 6.45) is 0.169. The molecule has 0 N–H and O–H groups in total. The molecule has 130 valence electrons. The summed E-state index contributed by atoms with van der Waals surface area (Å²) in [5, 5.41) is 0. The minimum atomic E-state index is -0.463. The molecule has 1 atom stereocenters. The van der Waals surface area contributed by atoms with Gasteiger partial charge in [-0.15, -0.1) is 0 Å². The summed E-state index contributed by atoms with van der Waals surface area (Å²) < 4.78 is 10.5. The molecule has 5 nitrogen and oxygen atoms in total. The van der Waals surface area contributed by atoms with Crippen LogP contribution in [0.4, 0.5) is 5.69 Å². The lowest BCUT2D eigenvalue weighted by molar-refractivity contribution is -0.139. The Hall–Kier alpha value is -2.82. The molecule has 1 saturated heterocycles. The Morgan fingerprint density at radius 3 is 2.44 bits per heavy atom. The number of aryl methyl sites for hydroxylation is 1. The van der Waals surface area contributed by atoms with Crippen molar-refractivity contribution < 1.29 is 19.1 Å². The Morgan fingerprint density at radius 1 is 1.08 bits per heavy atom. The largest absolute Gasteiger partial charge is 0.497 e. The van der Waals surface area contributed by atoms with Crippen molar-refractivity contribution in [1.82, 2.24) is 0 Å². The number of ether oxygens (including phenoxy) is 2. The van der Waals surface area contributed by atoms with E-state index in [9.17, 15) is 9.59 Å². The molecule has 5 heteroatoms. The summed E-state index contributed by atoms with van der Waals surface area (Å²) in [4.78, 5) is 26.5. The topological polar surface area (TPSA) is 55.8 Å². The van der Waals surface area contributed by atoms with Crippen LogP contribution in [0.15, 0.2) is 42.5 Å². The number of hydrogen-bond donors (Lipinski definition) is 0. The predicted octanol–water partition coefficient (Wildman–Crippen LogP) is 3.27. The molecular formula is C20H21NO4. The van der Waals surface area contributed by atoms with Crippen molar-refractivity contribution in [3.05, 3.63) is 53.6 Å². The number of carbonyl (C=O) groups excluding carboxylic acids is 2. The fourth-order valence-corrected chi connectivity index (χ4v) is 2.97. The fourth-order valence-electron chi connectivity index (χ4n) is 2.97. The Morgan fingerprint density at radius 2 is 1.76 bits per heavy atom. The number of methoxy groups -OCH3 is 1. The van der Waals surface area contributed by atoms with Crippen molar-refractivity contribution in [3.8, 4) is 11.5 Å². The number of anilines is 1. The second-order valence-electron chi connectivity index (χ2n) is 6.22. The van der Waals surface area contributed by atoms with Crippen molar-refractivity contribution in [2.75, 3.05) is 18.6 Å². The van der Waals surface area contributed by atoms with Gasteiger partial charge in [-0.2, -0.15) is 0 Å². The van der Waals surface area contributed by atoms with Crippen LogP contribution in [0.2, 0.25) is 0 Å². The molecule has 0 aromatic heterocycles. The minimum absolute atomic E-state index is 0.0506. The van der Waals surface area contributed by atoms with E-state index in [0.717, 1.165) is 16.8 Å². The number of carbonyl (C=O) groups is 2. The van der Waals surface area contributed by atoms with Crippen LogP contribution in [0.1, 0.15) is 17.5 Å². The second kappa shape index (κ2) is 6.97. The number of benzene rings is 2. The second-order valence-corrected chi connectivity index (χ2v) is 6.22. The maximum Gasteiger partial charge on any atom is 0.316 e. The van der Waals surface area contributed by atoms with E-state index >= 15 is 0 Å². The number of nitrogens with zero attached hydrogens (tertiary/aromatic N) is 1. The standard InChI is InChI=1S/C20H21NO4/c1-13-5-4-6-18(14(13)2)21-12-15(11-19(21)22)20(23)25-17-9-7-16(24-3)8-10-17/h4-10,15H,11-12H2,1-3H3. The minimum Gasteiger partial charge on any atom is -0.497 e. The third kappa shape index (κ3) is 3.50. The Balaban J connectivity index is 1.71. The third-order valence-electron chi connectivity index (χ3n) is 4.60. The molecule has 2 aromatic rings. The van der Waals surface area contributed by atoms with E-state index in [1.54, 1.807) is 36.3 Å². The van der Waals surface area contributed by atoms with Gasteiger partial charge >= 0.3 is 5.97 Å². The SMILES string of the molecule is COc1ccc(OC(=O)C2CC(=O)N(c3cccc(C)c3C)C2)cc1. The molecular weight excluding hydrogens is 318 g/mol. The highest BCUT2D eigenvalue weighted by Crippen LogP contribution is 2.30. The van der Waals surface area contributed by atoms with Gasteiger partial charge in [-0.25, -0.2) is 0 Å². The zero-order valence-corrected chi connectivity index (χ0v) is 14.6. The lowest BCUT2D eigenvalue weighted by Crippen LogP contribution is -2.28. The van der Waals surface area contributed by atoms with Gasteiger partial charge in [0.25, 0.3) is 0 Å². The molecule has 0 bridgehead atoms. The van der Waals surface area contributed by atoms with Crippen LogP contribution in [0.25, 0.3) is 0 Å². The van der Waals surface area contributed by atoms with Crippen LogP contribution in [0.3, 0.4) is 0 Å². The van der Waals surface area contributed by atoms with Crippen molar-refractivity contribution in [1.29, 1.82) is 0 Å². The van der Waals surface area contributed by atoms with Crippen LogP contribution in [0.5, 0.6) is 11.5 Å². The molecule has 0 aliphatic carbocycles. The van der Waals surface area contributed by atoms with E-state index in [0.29, 0.717) is 18.0 Å². The lowest BCUT2D eigenvalue weighted by atomic mass is 10.1. The summed E-state index contributed by atoms with van der Waals surface area (Å²) >= 11 is 0. The van der Waals surface area contributed by atoms with Gasteiger partial charge in [0.1, 0.15) is 11.5 Å². The van der Waals surface area contributed by atoms with Gasteiger partial charge in [-0.3, -0.25) is 9.59 Å². The number of esters is 1. The molecule has 25 heavy (non-hydrogen) atoms. The highest BCUT2D eigenvalue weighted by Gasteiger charge is 2.37. The van der Waals surface area contributed by atoms with E-state index in [1.807, 2.05) is 32.0 Å². The van der Waals surface area contributed by atoms with Crippen LogP contribution in [-0.2, 0) is 9.59 Å². The molecule has 0 spiro atoms. The van der Waals surface area contributed by atoms with Gasteiger partial charge < -0.3 is 14.4 Å². The van der Waals surface area contributed by atoms with Crippen LogP contribution >= 0.6 is 0 Å². The van der Waals surface area contributed by atoms with Crippen molar-refractivity contribution in [3.63, 3.8) is 0 Å². The number of amides is 1. The van der Waals surface area contributed by atoms with Gasteiger partial charge in [-0.05, 0) is 55.3 Å². The molecule has 3 rings (SSSR count).